The van der Waals surface area contributed by atoms with Crippen molar-refractivity contribution in [3.63, 3.8) is 0 Å². The number of hydrogen-bond donors (Lipinski definition) is 0. The predicted octanol–water partition coefficient (Wildman–Crippen LogP) is 4.19. The van der Waals surface area contributed by atoms with E-state index in [1.165, 1.54) is 33.5 Å². The minimum absolute atomic E-state index is 0.261. The lowest BCUT2D eigenvalue weighted by atomic mass is 10.1. The number of carbonyl (C=O) groups is 1. The summed E-state index contributed by atoms with van der Waals surface area (Å²) in [4.78, 5) is 24.4. The number of carbonyl (C=O) groups excluding carboxylic acids is 1. The van der Waals surface area contributed by atoms with Gasteiger partial charge >= 0.3 is 5.97 Å². The molecule has 1 aromatic heterocycles. The molecule has 152 valence electrons. The zero-order chi connectivity index (χ0) is 21.0. The smallest absolute Gasteiger partial charge is 0.311 e. The predicted molar refractivity (Wildman–Crippen MR) is 108 cm³/mol. The molecule has 3 aromatic rings. The van der Waals surface area contributed by atoms with Crippen molar-refractivity contribution < 1.29 is 28.2 Å². The zero-order valence-electron chi connectivity index (χ0n) is 16.7. The highest BCUT2D eigenvalue weighted by atomic mass is 16.5. The van der Waals surface area contributed by atoms with E-state index in [2.05, 4.69) is 0 Å². The van der Waals surface area contributed by atoms with Crippen LogP contribution < -0.4 is 24.4 Å². The molecule has 0 radical (unpaired) electrons. The molecule has 0 bridgehead atoms. The molecule has 29 heavy (non-hydrogen) atoms. The Balaban J connectivity index is 2.06. The van der Waals surface area contributed by atoms with Gasteiger partial charge in [-0.15, -0.1) is 0 Å². The van der Waals surface area contributed by atoms with Crippen molar-refractivity contribution in [2.45, 2.75) is 19.8 Å². The van der Waals surface area contributed by atoms with E-state index in [9.17, 15) is 9.59 Å². The zero-order valence-corrected chi connectivity index (χ0v) is 16.7. The molecule has 0 aliphatic carbocycles. The second-order valence-electron chi connectivity index (χ2n) is 6.27. The summed E-state index contributed by atoms with van der Waals surface area (Å²) in [6, 6.07) is 9.48. The highest BCUT2D eigenvalue weighted by Gasteiger charge is 2.17. The number of methoxy groups -OCH3 is 3. The molecule has 0 unspecified atom stereocenters. The van der Waals surface area contributed by atoms with E-state index >= 15 is 0 Å². The maximum absolute atomic E-state index is 12.7. The molecule has 0 atom stereocenters. The number of hydrogen-bond acceptors (Lipinski definition) is 7. The summed E-state index contributed by atoms with van der Waals surface area (Å²) < 4.78 is 27.2. The monoisotopic (exact) mass is 398 g/mol. The molecule has 0 saturated heterocycles. The Labute approximate surface area is 167 Å². The third kappa shape index (κ3) is 4.18. The van der Waals surface area contributed by atoms with Crippen LogP contribution in [0, 0.1) is 0 Å². The number of benzene rings is 2. The Hall–Kier alpha value is -3.48. The quantitative estimate of drug-likeness (QED) is 0.436. The number of esters is 1. The van der Waals surface area contributed by atoms with Crippen molar-refractivity contribution in [2.75, 3.05) is 21.3 Å². The molecule has 0 saturated carbocycles. The Bertz CT molecular complexity index is 1070. The van der Waals surface area contributed by atoms with Crippen LogP contribution in [0.25, 0.3) is 22.3 Å². The normalized spacial score (nSPS) is 10.6. The lowest BCUT2D eigenvalue weighted by molar-refractivity contribution is -0.134. The fraction of sp³-hybridized carbons (Fsp3) is 0.273. The van der Waals surface area contributed by atoms with Gasteiger partial charge in [-0.25, -0.2) is 0 Å². The first-order chi connectivity index (χ1) is 14.0. The molecule has 0 N–H and O–H groups in total. The average molecular weight is 398 g/mol. The third-order valence-electron chi connectivity index (χ3n) is 4.33. The minimum Gasteiger partial charge on any atom is -0.493 e. The van der Waals surface area contributed by atoms with Gasteiger partial charge in [-0.05, 0) is 36.8 Å². The summed E-state index contributed by atoms with van der Waals surface area (Å²) in [6.07, 6.45) is 0.999. The summed E-state index contributed by atoms with van der Waals surface area (Å²) in [5, 5.41) is 0.322. The maximum atomic E-state index is 12.7. The molecular weight excluding hydrogens is 376 g/mol. The Kier molecular flexibility index (Phi) is 6.07. The second kappa shape index (κ2) is 8.68. The molecule has 1 heterocycles. The molecular formula is C22H22O7. The summed E-state index contributed by atoms with van der Waals surface area (Å²) in [7, 11) is 4.54. The molecule has 0 aliphatic heterocycles. The van der Waals surface area contributed by atoms with Gasteiger partial charge in [0, 0.05) is 18.1 Å². The van der Waals surface area contributed by atoms with E-state index in [1.54, 1.807) is 24.3 Å². The van der Waals surface area contributed by atoms with Gasteiger partial charge in [0.25, 0.3) is 0 Å². The average Bonchev–Trinajstić information content (AvgIpc) is 2.73. The van der Waals surface area contributed by atoms with Crippen molar-refractivity contribution in [2.24, 2.45) is 0 Å². The van der Waals surface area contributed by atoms with E-state index in [1.807, 2.05) is 6.92 Å². The molecule has 7 nitrogen and oxygen atoms in total. The second-order valence-corrected chi connectivity index (χ2v) is 6.27. The van der Waals surface area contributed by atoms with Crippen LogP contribution in [0.2, 0.25) is 0 Å². The van der Waals surface area contributed by atoms with E-state index in [4.69, 9.17) is 23.4 Å². The summed E-state index contributed by atoms with van der Waals surface area (Å²) >= 11 is 0. The largest absolute Gasteiger partial charge is 0.493 e. The lowest BCUT2D eigenvalue weighted by Gasteiger charge is -2.14. The van der Waals surface area contributed by atoms with Crippen LogP contribution >= 0.6 is 0 Å². The lowest BCUT2D eigenvalue weighted by Crippen LogP contribution is -2.07. The first-order valence-corrected chi connectivity index (χ1v) is 9.09. The Morgan fingerprint density at radius 2 is 1.66 bits per heavy atom. The van der Waals surface area contributed by atoms with Gasteiger partial charge in [0.05, 0.1) is 26.7 Å². The van der Waals surface area contributed by atoms with Crippen LogP contribution in [0.4, 0.5) is 0 Å². The van der Waals surface area contributed by atoms with Crippen LogP contribution in [0.1, 0.15) is 19.8 Å². The fourth-order valence-electron chi connectivity index (χ4n) is 2.95. The van der Waals surface area contributed by atoms with Crippen LogP contribution in [0.3, 0.4) is 0 Å². The first kappa shape index (κ1) is 20.3. The molecule has 2 aromatic carbocycles. The van der Waals surface area contributed by atoms with Crippen LogP contribution in [0.15, 0.2) is 45.6 Å². The molecule has 3 rings (SSSR count). The van der Waals surface area contributed by atoms with Gasteiger partial charge in [0.1, 0.15) is 17.1 Å². The van der Waals surface area contributed by atoms with Crippen LogP contribution in [-0.2, 0) is 4.79 Å². The Morgan fingerprint density at radius 1 is 0.966 bits per heavy atom. The molecule has 0 spiro atoms. The standard InChI is InChI=1S/C22H22O7/c1-5-6-21(24)28-14-7-8-17-15(11-14)16(23)12-18(29-17)13-9-19(25-2)22(27-4)20(10-13)26-3/h7-12H,5-6H2,1-4H3. The third-order valence-corrected chi connectivity index (χ3v) is 4.33. The van der Waals surface area contributed by atoms with Crippen molar-refractivity contribution in [1.82, 2.24) is 0 Å². The van der Waals surface area contributed by atoms with Gasteiger partial charge in [-0.1, -0.05) is 6.92 Å². The summed E-state index contributed by atoms with van der Waals surface area (Å²) in [5.41, 5.74) is 0.705. The van der Waals surface area contributed by atoms with Crippen LogP contribution in [-0.4, -0.2) is 27.3 Å². The topological polar surface area (TPSA) is 84.2 Å². The molecule has 0 aliphatic rings. The number of rotatable bonds is 7. The molecule has 0 fully saturated rings. The van der Waals surface area contributed by atoms with Crippen molar-refractivity contribution >= 4 is 16.9 Å². The van der Waals surface area contributed by atoms with Gasteiger partial charge in [-0.3, -0.25) is 9.59 Å². The highest BCUT2D eigenvalue weighted by Crippen LogP contribution is 2.41. The number of fused-ring (bicyclic) bond motifs is 1. The number of ether oxygens (including phenoxy) is 4. The summed E-state index contributed by atoms with van der Waals surface area (Å²) in [6.45, 7) is 1.89. The van der Waals surface area contributed by atoms with E-state index < -0.39 is 0 Å². The molecule has 7 heteroatoms. The maximum Gasteiger partial charge on any atom is 0.311 e. The summed E-state index contributed by atoms with van der Waals surface area (Å²) in [5.74, 6) is 1.65. The van der Waals surface area contributed by atoms with E-state index in [-0.39, 0.29) is 11.4 Å². The minimum atomic E-state index is -0.342. The van der Waals surface area contributed by atoms with Crippen molar-refractivity contribution in [3.8, 4) is 34.3 Å². The molecule has 0 amide bonds. The van der Waals surface area contributed by atoms with Gasteiger partial charge < -0.3 is 23.4 Å². The SMILES string of the molecule is CCCC(=O)Oc1ccc2oc(-c3cc(OC)c(OC)c(OC)c3)cc(=O)c2c1. The van der Waals surface area contributed by atoms with Gasteiger partial charge in [-0.2, -0.15) is 0 Å². The van der Waals surface area contributed by atoms with E-state index in [0.29, 0.717) is 58.1 Å². The fourth-order valence-corrected chi connectivity index (χ4v) is 2.95. The van der Waals surface area contributed by atoms with Crippen molar-refractivity contribution in [1.29, 1.82) is 0 Å². The van der Waals surface area contributed by atoms with Crippen molar-refractivity contribution in [3.05, 3.63) is 46.6 Å². The highest BCUT2D eigenvalue weighted by molar-refractivity contribution is 5.82. The van der Waals surface area contributed by atoms with Gasteiger partial charge in [0.2, 0.25) is 5.75 Å². The van der Waals surface area contributed by atoms with E-state index in [0.717, 1.165) is 0 Å². The van der Waals surface area contributed by atoms with Gasteiger partial charge in [0.15, 0.2) is 16.9 Å². The first-order valence-electron chi connectivity index (χ1n) is 9.09. The Morgan fingerprint density at radius 3 is 2.24 bits per heavy atom. The van der Waals surface area contributed by atoms with Crippen LogP contribution in [0.5, 0.6) is 23.0 Å².